The lowest BCUT2D eigenvalue weighted by Gasteiger charge is -2.19. The van der Waals surface area contributed by atoms with E-state index in [1.165, 1.54) is 4.90 Å². The van der Waals surface area contributed by atoms with E-state index >= 15 is 0 Å². The molecule has 1 aliphatic heterocycles. The number of nitrogens with one attached hydrogen (secondary N) is 1. The van der Waals surface area contributed by atoms with Gasteiger partial charge in [0.05, 0.1) is 24.1 Å². The first-order valence-corrected chi connectivity index (χ1v) is 10.5. The average molecular weight is 427 g/mol. The van der Waals surface area contributed by atoms with Crippen LogP contribution in [0.2, 0.25) is 0 Å². The number of hydrogen-bond donors (Lipinski definition) is 1. The zero-order valence-corrected chi connectivity index (χ0v) is 18.9. The van der Waals surface area contributed by atoms with Crippen molar-refractivity contribution in [3.8, 4) is 5.75 Å². The van der Waals surface area contributed by atoms with Crippen LogP contribution in [0.5, 0.6) is 5.75 Å². The summed E-state index contributed by atoms with van der Waals surface area (Å²) in [5.74, 6) is -0.136. The molecule has 0 spiro atoms. The number of rotatable bonds is 5. The molecule has 0 atom stereocenters. The Morgan fingerprint density at radius 3 is 2.28 bits per heavy atom. The third kappa shape index (κ3) is 3.56. The Labute approximate surface area is 188 Å². The summed E-state index contributed by atoms with van der Waals surface area (Å²) in [6, 6.07) is 18.9. The Balaban J connectivity index is 1.91. The van der Waals surface area contributed by atoms with Crippen LogP contribution in [0.15, 0.2) is 66.4 Å². The molecule has 0 saturated heterocycles. The van der Waals surface area contributed by atoms with Crippen molar-refractivity contribution in [2.75, 3.05) is 17.3 Å². The van der Waals surface area contributed by atoms with E-state index in [4.69, 9.17) is 4.74 Å². The molecule has 1 N–H and O–H groups in total. The Morgan fingerprint density at radius 2 is 1.56 bits per heavy atom. The van der Waals surface area contributed by atoms with Crippen LogP contribution in [0.25, 0.3) is 5.57 Å². The highest BCUT2D eigenvalue weighted by molar-refractivity contribution is 6.46. The lowest BCUT2D eigenvalue weighted by Crippen LogP contribution is -2.33. The zero-order valence-electron chi connectivity index (χ0n) is 18.9. The number of hydrogen-bond acceptors (Lipinski definition) is 4. The molecule has 3 aromatic rings. The Kier molecular flexibility index (Phi) is 5.57. The van der Waals surface area contributed by atoms with Gasteiger partial charge in [-0.05, 0) is 68.1 Å². The quantitative estimate of drug-likeness (QED) is 0.561. The van der Waals surface area contributed by atoms with Crippen molar-refractivity contribution in [1.29, 1.82) is 0 Å². The van der Waals surface area contributed by atoms with Gasteiger partial charge in [0, 0.05) is 0 Å². The minimum Gasteiger partial charge on any atom is -0.495 e. The molecular weight excluding hydrogens is 400 g/mol. The minimum absolute atomic E-state index is 0.243. The van der Waals surface area contributed by atoms with Gasteiger partial charge < -0.3 is 10.1 Å². The van der Waals surface area contributed by atoms with Crippen LogP contribution in [-0.4, -0.2) is 18.9 Å². The highest BCUT2D eigenvalue weighted by Crippen LogP contribution is 2.38. The monoisotopic (exact) mass is 426 g/mol. The summed E-state index contributed by atoms with van der Waals surface area (Å²) in [5.41, 5.74) is 6.49. The summed E-state index contributed by atoms with van der Waals surface area (Å²) in [4.78, 5) is 28.7. The van der Waals surface area contributed by atoms with Gasteiger partial charge in [0.1, 0.15) is 11.4 Å². The van der Waals surface area contributed by atoms with Gasteiger partial charge in [-0.2, -0.15) is 0 Å². The third-order valence-corrected chi connectivity index (χ3v) is 5.92. The largest absolute Gasteiger partial charge is 0.495 e. The molecule has 2 amide bonds. The van der Waals surface area contributed by atoms with E-state index in [-0.39, 0.29) is 17.5 Å². The molecule has 162 valence electrons. The number of para-hydroxylation sites is 2. The molecular formula is C27H26N2O3. The summed E-state index contributed by atoms with van der Waals surface area (Å²) in [6.07, 6.45) is 0. The van der Waals surface area contributed by atoms with Gasteiger partial charge in [0.15, 0.2) is 0 Å². The lowest BCUT2D eigenvalue weighted by atomic mass is 9.97. The van der Waals surface area contributed by atoms with E-state index in [9.17, 15) is 9.59 Å². The smallest absolute Gasteiger partial charge is 0.282 e. The van der Waals surface area contributed by atoms with Gasteiger partial charge in [-0.25, -0.2) is 4.90 Å². The second-order valence-electron chi connectivity index (χ2n) is 8.06. The lowest BCUT2D eigenvalue weighted by molar-refractivity contribution is -0.120. The number of ether oxygens (including phenoxy) is 1. The number of imide groups is 1. The minimum atomic E-state index is -0.385. The highest BCUT2D eigenvalue weighted by atomic mass is 16.5. The first kappa shape index (κ1) is 21.4. The Morgan fingerprint density at radius 1 is 0.812 bits per heavy atom. The van der Waals surface area contributed by atoms with E-state index in [2.05, 4.69) is 5.32 Å². The van der Waals surface area contributed by atoms with Crippen molar-refractivity contribution >= 4 is 28.8 Å². The summed E-state index contributed by atoms with van der Waals surface area (Å²) < 4.78 is 5.45. The predicted octanol–water partition coefficient (Wildman–Crippen LogP) is 5.33. The number of carbonyl (C=O) groups excluding carboxylic acids is 2. The van der Waals surface area contributed by atoms with Crippen molar-refractivity contribution in [3.63, 3.8) is 0 Å². The molecule has 32 heavy (non-hydrogen) atoms. The molecule has 0 unspecified atom stereocenters. The molecule has 1 aliphatic rings. The number of anilines is 2. The Hall–Kier alpha value is -3.86. The van der Waals surface area contributed by atoms with Crippen LogP contribution < -0.4 is 15.0 Å². The number of aryl methyl sites for hydroxylation is 3. The highest BCUT2D eigenvalue weighted by Gasteiger charge is 2.41. The van der Waals surface area contributed by atoms with E-state index in [1.807, 2.05) is 88.4 Å². The van der Waals surface area contributed by atoms with Crippen LogP contribution in [0, 0.1) is 27.7 Å². The second kappa shape index (κ2) is 8.35. The maximum absolute atomic E-state index is 13.7. The van der Waals surface area contributed by atoms with Crippen molar-refractivity contribution in [2.45, 2.75) is 27.7 Å². The first-order chi connectivity index (χ1) is 15.3. The second-order valence-corrected chi connectivity index (χ2v) is 8.06. The summed E-state index contributed by atoms with van der Waals surface area (Å²) in [5, 5.41) is 3.21. The van der Waals surface area contributed by atoms with Crippen LogP contribution in [-0.2, 0) is 9.59 Å². The average Bonchev–Trinajstić information content (AvgIpc) is 3.00. The maximum atomic E-state index is 13.7. The van der Waals surface area contributed by atoms with Gasteiger partial charge in [0.25, 0.3) is 11.8 Å². The maximum Gasteiger partial charge on any atom is 0.282 e. The fraction of sp³-hybridized carbons (Fsp3) is 0.185. The molecule has 0 aromatic heterocycles. The van der Waals surface area contributed by atoms with Gasteiger partial charge >= 0.3 is 0 Å². The standard InChI is InChI=1S/C27H26N2O3/c1-16-13-14-20(18(3)15-16)24-25(28-21-10-6-7-12-23(21)32-5)27(31)29(26(24)30)22-11-8-9-17(2)19(22)4/h6-15,28H,1-5H3. The third-order valence-electron chi connectivity index (χ3n) is 5.92. The van der Waals surface area contributed by atoms with Gasteiger partial charge in [0.2, 0.25) is 0 Å². The van der Waals surface area contributed by atoms with E-state index in [0.717, 1.165) is 27.8 Å². The van der Waals surface area contributed by atoms with Crippen LogP contribution in [0.4, 0.5) is 11.4 Å². The molecule has 5 nitrogen and oxygen atoms in total. The molecule has 0 bridgehead atoms. The van der Waals surface area contributed by atoms with E-state index < -0.39 is 0 Å². The fourth-order valence-electron chi connectivity index (χ4n) is 4.07. The Bertz CT molecular complexity index is 1270. The van der Waals surface area contributed by atoms with Gasteiger partial charge in [-0.1, -0.05) is 48.0 Å². The molecule has 5 heteroatoms. The zero-order chi connectivity index (χ0) is 23.0. The molecule has 1 heterocycles. The molecule has 0 saturated carbocycles. The summed E-state index contributed by atoms with van der Waals surface area (Å²) >= 11 is 0. The number of benzene rings is 3. The van der Waals surface area contributed by atoms with Crippen LogP contribution >= 0.6 is 0 Å². The molecule has 0 radical (unpaired) electrons. The van der Waals surface area contributed by atoms with Crippen molar-refractivity contribution in [2.24, 2.45) is 0 Å². The number of nitrogens with zero attached hydrogens (tertiary/aromatic N) is 1. The SMILES string of the molecule is COc1ccccc1NC1=C(c2ccc(C)cc2C)C(=O)N(c2cccc(C)c2C)C1=O. The molecule has 4 rings (SSSR count). The van der Waals surface area contributed by atoms with E-state index in [0.29, 0.717) is 22.7 Å². The molecule has 3 aromatic carbocycles. The van der Waals surface area contributed by atoms with Crippen molar-refractivity contribution in [1.82, 2.24) is 0 Å². The van der Waals surface area contributed by atoms with Crippen LogP contribution in [0.1, 0.15) is 27.8 Å². The van der Waals surface area contributed by atoms with Crippen molar-refractivity contribution in [3.05, 3.63) is 94.2 Å². The topological polar surface area (TPSA) is 58.6 Å². The van der Waals surface area contributed by atoms with E-state index in [1.54, 1.807) is 7.11 Å². The molecule has 0 aliphatic carbocycles. The number of methoxy groups -OCH3 is 1. The van der Waals surface area contributed by atoms with Crippen molar-refractivity contribution < 1.29 is 14.3 Å². The predicted molar refractivity (Wildman–Crippen MR) is 128 cm³/mol. The summed E-state index contributed by atoms with van der Waals surface area (Å²) in [6.45, 7) is 7.85. The van der Waals surface area contributed by atoms with Crippen LogP contribution in [0.3, 0.4) is 0 Å². The summed E-state index contributed by atoms with van der Waals surface area (Å²) in [7, 11) is 1.57. The van der Waals surface area contributed by atoms with Gasteiger partial charge in [-0.3, -0.25) is 9.59 Å². The normalized spacial score (nSPS) is 13.7. The fourth-order valence-corrected chi connectivity index (χ4v) is 4.07. The first-order valence-electron chi connectivity index (χ1n) is 10.5. The van der Waals surface area contributed by atoms with Gasteiger partial charge in [-0.15, -0.1) is 0 Å². The number of carbonyl (C=O) groups is 2. The molecule has 0 fully saturated rings. The number of amides is 2.